The Hall–Kier alpha value is -2.80. The summed E-state index contributed by atoms with van der Waals surface area (Å²) in [6.07, 6.45) is 8.51. The first-order valence-corrected chi connectivity index (χ1v) is 9.63. The zero-order valence-electron chi connectivity index (χ0n) is 15.3. The molecule has 4 heterocycles. The van der Waals surface area contributed by atoms with Gasteiger partial charge in [0.15, 0.2) is 6.17 Å². The van der Waals surface area contributed by atoms with E-state index in [1.165, 1.54) is 6.20 Å². The fraction of sp³-hybridized carbons (Fsp3) is 0.381. The van der Waals surface area contributed by atoms with Gasteiger partial charge in [-0.05, 0) is 36.4 Å². The van der Waals surface area contributed by atoms with Crippen LogP contribution in [0.2, 0.25) is 0 Å². The molecule has 0 aliphatic carbocycles. The van der Waals surface area contributed by atoms with Crippen LogP contribution >= 0.6 is 0 Å². The van der Waals surface area contributed by atoms with Gasteiger partial charge in [-0.2, -0.15) is 0 Å². The third kappa shape index (κ3) is 3.16. The van der Waals surface area contributed by atoms with Crippen molar-refractivity contribution in [3.8, 4) is 22.9 Å². The van der Waals surface area contributed by atoms with Gasteiger partial charge in [0.05, 0.1) is 18.1 Å². The van der Waals surface area contributed by atoms with Crippen molar-refractivity contribution in [2.24, 2.45) is 0 Å². The number of pyridine rings is 1. The molecule has 0 spiro atoms. The van der Waals surface area contributed by atoms with E-state index in [4.69, 9.17) is 4.74 Å². The minimum atomic E-state index is -1.05. The normalized spacial score (nSPS) is 26.9. The Morgan fingerprint density at radius 1 is 1.11 bits per heavy atom. The average Bonchev–Trinajstić information content (AvgIpc) is 2.72. The first-order chi connectivity index (χ1) is 13.7. The molecule has 6 nitrogen and oxygen atoms in total. The molecule has 4 atom stereocenters. The zero-order chi connectivity index (χ0) is 19.1. The molecule has 0 amide bonds. The highest BCUT2D eigenvalue weighted by Gasteiger charge is 2.41. The molecule has 2 bridgehead atoms. The number of alkyl halides is 1. The second-order valence-electron chi connectivity index (χ2n) is 7.57. The van der Waals surface area contributed by atoms with Crippen LogP contribution in [0.4, 0.5) is 4.39 Å². The van der Waals surface area contributed by atoms with Gasteiger partial charge in [0, 0.05) is 41.8 Å². The fourth-order valence-corrected chi connectivity index (χ4v) is 4.27. The molecule has 2 saturated heterocycles. The molecule has 3 aromatic rings. The molecule has 28 heavy (non-hydrogen) atoms. The second-order valence-corrected chi connectivity index (χ2v) is 7.57. The molecule has 0 saturated carbocycles. The number of benzene rings is 1. The van der Waals surface area contributed by atoms with Crippen LogP contribution < -0.4 is 10.1 Å². The SMILES string of the molecule is Oc1cc2cnccc2cc1-c1cnc(O[C@@H]2C[C@H]3CCC[C@H](N3)[C@H]2F)cn1. The molecule has 1 aromatic carbocycles. The molecule has 144 valence electrons. The Labute approximate surface area is 161 Å². The average molecular weight is 380 g/mol. The van der Waals surface area contributed by atoms with Crippen molar-refractivity contribution < 1.29 is 14.2 Å². The van der Waals surface area contributed by atoms with Gasteiger partial charge in [0.1, 0.15) is 11.9 Å². The van der Waals surface area contributed by atoms with Gasteiger partial charge in [-0.3, -0.25) is 4.98 Å². The molecular weight excluding hydrogens is 359 g/mol. The van der Waals surface area contributed by atoms with Crippen LogP contribution in [0.3, 0.4) is 0 Å². The highest BCUT2D eigenvalue weighted by molar-refractivity contribution is 5.89. The summed E-state index contributed by atoms with van der Waals surface area (Å²) in [5.41, 5.74) is 1.11. The summed E-state index contributed by atoms with van der Waals surface area (Å²) in [6, 6.07) is 5.56. The summed E-state index contributed by atoms with van der Waals surface area (Å²) < 4.78 is 20.5. The lowest BCUT2D eigenvalue weighted by Crippen LogP contribution is -2.59. The number of phenols is 1. The maximum absolute atomic E-state index is 14.7. The molecule has 2 N–H and O–H groups in total. The van der Waals surface area contributed by atoms with Crippen molar-refractivity contribution in [1.29, 1.82) is 0 Å². The molecule has 5 rings (SSSR count). The van der Waals surface area contributed by atoms with E-state index in [0.29, 0.717) is 29.6 Å². The van der Waals surface area contributed by atoms with Crippen LogP contribution in [0.25, 0.3) is 22.0 Å². The number of hydrogen-bond donors (Lipinski definition) is 2. The van der Waals surface area contributed by atoms with Crippen molar-refractivity contribution in [1.82, 2.24) is 20.3 Å². The minimum absolute atomic E-state index is 0.110. The van der Waals surface area contributed by atoms with Gasteiger partial charge < -0.3 is 15.2 Å². The van der Waals surface area contributed by atoms with Crippen LogP contribution in [-0.4, -0.2) is 44.4 Å². The van der Waals surface area contributed by atoms with E-state index < -0.39 is 12.3 Å². The Kier molecular flexibility index (Phi) is 4.31. The number of halogens is 1. The summed E-state index contributed by atoms with van der Waals surface area (Å²) in [6.45, 7) is 0. The molecule has 0 unspecified atom stereocenters. The number of ether oxygens (including phenoxy) is 1. The van der Waals surface area contributed by atoms with Crippen LogP contribution in [0.5, 0.6) is 11.6 Å². The van der Waals surface area contributed by atoms with Gasteiger partial charge in [-0.25, -0.2) is 14.4 Å². The van der Waals surface area contributed by atoms with Crippen molar-refractivity contribution in [2.75, 3.05) is 0 Å². The fourth-order valence-electron chi connectivity index (χ4n) is 4.27. The molecular formula is C21H21FN4O2. The Balaban J connectivity index is 1.37. The quantitative estimate of drug-likeness (QED) is 0.725. The topological polar surface area (TPSA) is 80.2 Å². The summed E-state index contributed by atoms with van der Waals surface area (Å²) in [5, 5.41) is 15.5. The van der Waals surface area contributed by atoms with Gasteiger partial charge in [-0.1, -0.05) is 6.42 Å². The third-order valence-corrected chi connectivity index (χ3v) is 5.71. The lowest BCUT2D eigenvalue weighted by molar-refractivity contribution is 0.00679. The molecule has 7 heteroatoms. The third-order valence-electron chi connectivity index (χ3n) is 5.71. The van der Waals surface area contributed by atoms with Crippen molar-refractivity contribution >= 4 is 10.8 Å². The summed E-state index contributed by atoms with van der Waals surface area (Å²) in [4.78, 5) is 12.7. The van der Waals surface area contributed by atoms with Crippen LogP contribution in [-0.2, 0) is 0 Å². The molecule has 2 aliphatic rings. The first kappa shape index (κ1) is 17.3. The Morgan fingerprint density at radius 2 is 2.04 bits per heavy atom. The van der Waals surface area contributed by atoms with Crippen molar-refractivity contribution in [2.45, 2.75) is 50.0 Å². The van der Waals surface area contributed by atoms with E-state index in [-0.39, 0.29) is 11.8 Å². The van der Waals surface area contributed by atoms with E-state index in [9.17, 15) is 9.50 Å². The van der Waals surface area contributed by atoms with E-state index in [2.05, 4.69) is 20.3 Å². The maximum atomic E-state index is 14.7. The number of rotatable bonds is 3. The van der Waals surface area contributed by atoms with E-state index in [1.54, 1.807) is 24.7 Å². The van der Waals surface area contributed by atoms with Gasteiger partial charge >= 0.3 is 0 Å². The number of aromatic nitrogens is 3. The summed E-state index contributed by atoms with van der Waals surface area (Å²) >= 11 is 0. The Morgan fingerprint density at radius 3 is 2.89 bits per heavy atom. The van der Waals surface area contributed by atoms with Crippen molar-refractivity contribution in [3.05, 3.63) is 43.0 Å². The predicted molar refractivity (Wildman–Crippen MR) is 103 cm³/mol. The number of phenolic OH excluding ortho intramolecular Hbond substituents is 1. The Bertz CT molecular complexity index is 997. The first-order valence-electron chi connectivity index (χ1n) is 9.63. The van der Waals surface area contributed by atoms with E-state index >= 15 is 0 Å². The summed E-state index contributed by atoms with van der Waals surface area (Å²) in [7, 11) is 0. The van der Waals surface area contributed by atoms with Crippen molar-refractivity contribution in [3.63, 3.8) is 0 Å². The van der Waals surface area contributed by atoms with E-state index in [1.807, 2.05) is 12.1 Å². The summed E-state index contributed by atoms with van der Waals surface area (Å²) in [5.74, 6) is 0.416. The number of nitrogens with zero attached hydrogens (tertiary/aromatic N) is 3. The number of fused-ring (bicyclic) bond motifs is 3. The lowest BCUT2D eigenvalue weighted by atomic mass is 9.84. The zero-order valence-corrected chi connectivity index (χ0v) is 15.3. The maximum Gasteiger partial charge on any atom is 0.232 e. The molecule has 2 fully saturated rings. The van der Waals surface area contributed by atoms with Gasteiger partial charge in [-0.15, -0.1) is 0 Å². The van der Waals surface area contributed by atoms with Gasteiger partial charge in [0.2, 0.25) is 5.88 Å². The standard InChI is InChI=1S/C21H21FN4O2/c22-21-16-3-1-2-14(26-16)8-19(21)28-20-11-24-17(10-25-20)15-6-12-4-5-23-9-13(12)7-18(15)27/h4-7,9-11,14,16,19,21,26-27H,1-3,8H2/t14-,16+,19-,21-/m1/s1. The largest absolute Gasteiger partial charge is 0.507 e. The van der Waals surface area contributed by atoms with Crippen LogP contribution in [0, 0.1) is 0 Å². The number of aromatic hydroxyl groups is 1. The highest BCUT2D eigenvalue weighted by Crippen LogP contribution is 2.33. The number of hydrogen-bond acceptors (Lipinski definition) is 6. The number of nitrogens with one attached hydrogen (secondary N) is 1. The predicted octanol–water partition coefficient (Wildman–Crippen LogP) is 3.40. The molecule has 2 aliphatic heterocycles. The minimum Gasteiger partial charge on any atom is -0.507 e. The lowest BCUT2D eigenvalue weighted by Gasteiger charge is -2.42. The van der Waals surface area contributed by atoms with Crippen LogP contribution in [0.1, 0.15) is 25.7 Å². The van der Waals surface area contributed by atoms with Gasteiger partial charge in [0.25, 0.3) is 0 Å². The molecule has 2 aromatic heterocycles. The smallest absolute Gasteiger partial charge is 0.232 e. The van der Waals surface area contributed by atoms with Crippen LogP contribution in [0.15, 0.2) is 43.0 Å². The highest BCUT2D eigenvalue weighted by atomic mass is 19.1. The number of piperidine rings is 2. The monoisotopic (exact) mass is 380 g/mol. The van der Waals surface area contributed by atoms with E-state index in [0.717, 1.165) is 30.0 Å². The second kappa shape index (κ2) is 6.98. The molecule has 0 radical (unpaired) electrons.